The quantitative estimate of drug-likeness (QED) is 0.264. The van der Waals surface area contributed by atoms with Crippen molar-refractivity contribution < 1.29 is 50.0 Å². The Balaban J connectivity index is 2.01. The Morgan fingerprint density at radius 2 is 1.53 bits per heavy atom. The van der Waals surface area contributed by atoms with Crippen molar-refractivity contribution >= 4 is 11.0 Å². The Bertz CT molecular complexity index is 1220. The summed E-state index contributed by atoms with van der Waals surface area (Å²) in [5.41, 5.74) is -1.70. The number of hydrogen-bond acceptors (Lipinski definition) is 11. The van der Waals surface area contributed by atoms with Crippen LogP contribution >= 0.6 is 0 Å². The molecular weight excluding hydrogens is 428 g/mol. The zero-order valence-corrected chi connectivity index (χ0v) is 16.3. The standard InChI is InChI=1S/C21H20O11/c22-6-11-14(26)16(28)18(30)21(31-11)13-10(25)5-9(24)12-15(27)17(29)19(32-20(12)13)7-1-3-8(23)4-2-7/h1-5,11,14,16,18,21-26,28-30H,6H2/t11?,14-,16?,18+,21+/m0/s1. The molecule has 0 spiro atoms. The monoisotopic (exact) mass is 448 g/mol. The minimum Gasteiger partial charge on any atom is -0.508 e. The number of aromatic hydroxyl groups is 4. The molecule has 2 aromatic carbocycles. The summed E-state index contributed by atoms with van der Waals surface area (Å²) < 4.78 is 11.1. The summed E-state index contributed by atoms with van der Waals surface area (Å²) in [6.07, 6.45) is -8.17. The lowest BCUT2D eigenvalue weighted by Crippen LogP contribution is -2.55. The summed E-state index contributed by atoms with van der Waals surface area (Å²) in [6, 6.07) is 6.01. The predicted molar refractivity (Wildman–Crippen MR) is 107 cm³/mol. The van der Waals surface area contributed by atoms with E-state index in [1.165, 1.54) is 24.3 Å². The fraction of sp³-hybridized carbons (Fsp3) is 0.286. The first-order chi connectivity index (χ1) is 15.1. The average molecular weight is 448 g/mol. The van der Waals surface area contributed by atoms with Crippen molar-refractivity contribution in [2.24, 2.45) is 0 Å². The normalized spacial score (nSPS) is 25.8. The van der Waals surface area contributed by atoms with Crippen molar-refractivity contribution in [3.63, 3.8) is 0 Å². The lowest BCUT2D eigenvalue weighted by Gasteiger charge is -2.40. The number of hydrogen-bond donors (Lipinski definition) is 8. The van der Waals surface area contributed by atoms with E-state index in [2.05, 4.69) is 0 Å². The van der Waals surface area contributed by atoms with Gasteiger partial charge < -0.3 is 50.0 Å². The van der Waals surface area contributed by atoms with Gasteiger partial charge in [-0.25, -0.2) is 0 Å². The molecule has 1 fully saturated rings. The molecule has 3 aromatic rings. The van der Waals surface area contributed by atoms with Gasteiger partial charge in [0.2, 0.25) is 11.2 Å². The van der Waals surface area contributed by atoms with Crippen LogP contribution in [-0.2, 0) is 4.74 Å². The zero-order chi connectivity index (χ0) is 23.3. The zero-order valence-electron chi connectivity index (χ0n) is 16.3. The van der Waals surface area contributed by atoms with Gasteiger partial charge >= 0.3 is 0 Å². The molecule has 1 aromatic heterocycles. The highest BCUT2D eigenvalue weighted by atomic mass is 16.5. The van der Waals surface area contributed by atoms with Gasteiger partial charge in [0.15, 0.2) is 11.3 Å². The summed E-state index contributed by atoms with van der Waals surface area (Å²) in [4.78, 5) is 12.8. The molecule has 11 heteroatoms. The molecule has 2 heterocycles. The largest absolute Gasteiger partial charge is 0.508 e. The predicted octanol–water partition coefficient (Wildman–Crippen LogP) is -0.203. The molecule has 11 nitrogen and oxygen atoms in total. The maximum absolute atomic E-state index is 12.8. The van der Waals surface area contributed by atoms with Gasteiger partial charge in [-0.1, -0.05) is 0 Å². The highest BCUT2D eigenvalue weighted by Gasteiger charge is 2.46. The lowest BCUT2D eigenvalue weighted by atomic mass is 9.89. The van der Waals surface area contributed by atoms with Gasteiger partial charge in [0, 0.05) is 11.6 Å². The summed E-state index contributed by atoms with van der Waals surface area (Å²) in [6.45, 7) is -0.734. The van der Waals surface area contributed by atoms with E-state index in [0.29, 0.717) is 0 Å². The van der Waals surface area contributed by atoms with Crippen molar-refractivity contribution in [2.75, 3.05) is 6.61 Å². The Kier molecular flexibility index (Phi) is 5.44. The third-order valence-corrected chi connectivity index (χ3v) is 5.44. The number of ether oxygens (including phenoxy) is 1. The second kappa shape index (κ2) is 7.97. The van der Waals surface area contributed by atoms with E-state index in [9.17, 15) is 45.6 Å². The molecule has 8 N–H and O–H groups in total. The van der Waals surface area contributed by atoms with Gasteiger partial charge in [0.1, 0.15) is 53.2 Å². The van der Waals surface area contributed by atoms with Crippen molar-refractivity contribution in [2.45, 2.75) is 30.5 Å². The SMILES string of the molecule is O=c1c(O)c(-c2ccc(O)cc2)oc2c([C@H]3OC(CO)[C@H](O)C(O)[C@H]3O)c(O)cc(O)c12. The molecule has 0 bridgehead atoms. The minimum absolute atomic E-state index is 0.0892. The van der Waals surface area contributed by atoms with E-state index in [0.717, 1.165) is 6.07 Å². The molecule has 4 rings (SSSR count). The van der Waals surface area contributed by atoms with E-state index in [1.807, 2.05) is 0 Å². The van der Waals surface area contributed by atoms with Crippen molar-refractivity contribution in [1.82, 2.24) is 0 Å². The molecule has 5 atom stereocenters. The van der Waals surface area contributed by atoms with Gasteiger partial charge in [0.25, 0.3) is 0 Å². The number of aliphatic hydroxyl groups excluding tert-OH is 4. The first-order valence-electron chi connectivity index (χ1n) is 9.50. The Labute approximate surface area is 179 Å². The van der Waals surface area contributed by atoms with Crippen LogP contribution in [0.5, 0.6) is 23.0 Å². The van der Waals surface area contributed by atoms with Crippen LogP contribution in [0, 0.1) is 0 Å². The van der Waals surface area contributed by atoms with Gasteiger partial charge in [-0.2, -0.15) is 0 Å². The maximum atomic E-state index is 12.8. The van der Waals surface area contributed by atoms with E-state index < -0.39 is 70.8 Å². The van der Waals surface area contributed by atoms with Crippen LogP contribution in [0.15, 0.2) is 39.5 Å². The van der Waals surface area contributed by atoms with Crippen molar-refractivity contribution in [3.05, 3.63) is 46.1 Å². The number of phenolic OH excluding ortho intramolecular Hbond substituents is 3. The molecule has 0 amide bonds. The fourth-order valence-electron chi connectivity index (χ4n) is 3.77. The molecule has 0 aliphatic carbocycles. The smallest absolute Gasteiger partial charge is 0.238 e. The molecule has 2 unspecified atom stereocenters. The molecule has 170 valence electrons. The van der Waals surface area contributed by atoms with Gasteiger partial charge in [-0.3, -0.25) is 4.79 Å². The van der Waals surface area contributed by atoms with Crippen LogP contribution in [0.3, 0.4) is 0 Å². The van der Waals surface area contributed by atoms with Crippen LogP contribution in [-0.4, -0.2) is 71.9 Å². The second-order valence-corrected chi connectivity index (χ2v) is 7.44. The molecule has 0 saturated carbocycles. The Morgan fingerprint density at radius 1 is 0.875 bits per heavy atom. The fourth-order valence-corrected chi connectivity index (χ4v) is 3.77. The van der Waals surface area contributed by atoms with Crippen molar-refractivity contribution in [1.29, 1.82) is 0 Å². The number of rotatable bonds is 3. The first kappa shape index (κ1) is 21.9. The lowest BCUT2D eigenvalue weighted by molar-refractivity contribution is -0.231. The average Bonchev–Trinajstić information content (AvgIpc) is 2.76. The van der Waals surface area contributed by atoms with Crippen LogP contribution in [0.25, 0.3) is 22.3 Å². The Morgan fingerprint density at radius 3 is 2.16 bits per heavy atom. The summed E-state index contributed by atoms with van der Waals surface area (Å²) in [5.74, 6) is -2.71. The third-order valence-electron chi connectivity index (χ3n) is 5.44. The van der Waals surface area contributed by atoms with Crippen LogP contribution in [0.4, 0.5) is 0 Å². The maximum Gasteiger partial charge on any atom is 0.238 e. The van der Waals surface area contributed by atoms with E-state index in [4.69, 9.17) is 9.15 Å². The summed E-state index contributed by atoms with van der Waals surface area (Å²) in [5, 5.41) is 80.2. The Hall–Kier alpha value is -3.35. The van der Waals surface area contributed by atoms with Crippen LogP contribution in [0.1, 0.15) is 11.7 Å². The molecule has 1 aliphatic heterocycles. The highest BCUT2D eigenvalue weighted by molar-refractivity contribution is 5.91. The van der Waals surface area contributed by atoms with Gasteiger partial charge in [-0.05, 0) is 24.3 Å². The van der Waals surface area contributed by atoms with Crippen LogP contribution < -0.4 is 5.43 Å². The van der Waals surface area contributed by atoms with E-state index >= 15 is 0 Å². The summed E-state index contributed by atoms with van der Waals surface area (Å²) in [7, 11) is 0. The third kappa shape index (κ3) is 3.32. The second-order valence-electron chi connectivity index (χ2n) is 7.44. The van der Waals surface area contributed by atoms with E-state index in [-0.39, 0.29) is 22.6 Å². The minimum atomic E-state index is -1.82. The molecule has 1 saturated heterocycles. The summed E-state index contributed by atoms with van der Waals surface area (Å²) >= 11 is 0. The molecule has 32 heavy (non-hydrogen) atoms. The topological polar surface area (TPSA) is 201 Å². The molecular formula is C21H20O11. The number of benzene rings is 2. The van der Waals surface area contributed by atoms with E-state index in [1.54, 1.807) is 0 Å². The number of aliphatic hydroxyl groups is 4. The number of fused-ring (bicyclic) bond motifs is 1. The molecule has 0 radical (unpaired) electrons. The van der Waals surface area contributed by atoms with Crippen LogP contribution in [0.2, 0.25) is 0 Å². The first-order valence-corrected chi connectivity index (χ1v) is 9.50. The van der Waals surface area contributed by atoms with Gasteiger partial charge in [0.05, 0.1) is 12.2 Å². The van der Waals surface area contributed by atoms with Crippen molar-refractivity contribution in [3.8, 4) is 34.3 Å². The molecule has 1 aliphatic rings. The highest BCUT2D eigenvalue weighted by Crippen LogP contribution is 2.44. The van der Waals surface area contributed by atoms with Gasteiger partial charge in [-0.15, -0.1) is 0 Å². The number of phenols is 3.